The molecule has 0 atom stereocenters. The third kappa shape index (κ3) is 1.29. The summed E-state index contributed by atoms with van der Waals surface area (Å²) >= 11 is 2.19. The summed E-state index contributed by atoms with van der Waals surface area (Å²) in [6.07, 6.45) is 2.10. The zero-order chi connectivity index (χ0) is 8.55. The first-order valence-corrected chi connectivity index (χ1v) is 4.70. The molecule has 1 aromatic carbocycles. The van der Waals surface area contributed by atoms with Crippen molar-refractivity contribution in [3.8, 4) is 0 Å². The lowest BCUT2D eigenvalue weighted by Gasteiger charge is -2.07. The molecule has 0 fully saturated rings. The Morgan fingerprint density at radius 3 is 3.08 bits per heavy atom. The second-order valence-corrected chi connectivity index (χ2v) is 3.85. The molecule has 0 unspecified atom stereocenters. The summed E-state index contributed by atoms with van der Waals surface area (Å²) in [6.45, 7) is 0. The van der Waals surface area contributed by atoms with Crippen LogP contribution in [0.1, 0.15) is 16.8 Å². The number of carbonyl (C=O) groups excluding carboxylic acids is 1. The number of ketones is 1. The highest BCUT2D eigenvalue weighted by Gasteiger charge is 2.13. The number of hydrogen-bond acceptors (Lipinski definition) is 2. The quantitative estimate of drug-likeness (QED) is 0.667. The summed E-state index contributed by atoms with van der Waals surface area (Å²) in [4.78, 5) is 15.5. The largest absolute Gasteiger partial charge is 0.294 e. The fraction of sp³-hybridized carbons (Fsp3) is 0.111. The Hall–Kier alpha value is -0.710. The zero-order valence-electron chi connectivity index (χ0n) is 6.25. The molecule has 1 aliphatic rings. The summed E-state index contributed by atoms with van der Waals surface area (Å²) in [5.41, 5.74) is 1.55. The molecule has 0 N–H and O–H groups in total. The highest BCUT2D eigenvalue weighted by Crippen LogP contribution is 2.25. The maximum absolute atomic E-state index is 11.3. The number of halogens is 1. The number of rotatable bonds is 0. The van der Waals surface area contributed by atoms with Crippen LogP contribution < -0.4 is 0 Å². The number of carbonyl (C=O) groups is 1. The molecule has 0 bridgehead atoms. The van der Waals surface area contributed by atoms with Crippen molar-refractivity contribution in [2.45, 2.75) is 6.42 Å². The molecule has 1 heterocycles. The first-order chi connectivity index (χ1) is 5.77. The van der Waals surface area contributed by atoms with Crippen molar-refractivity contribution in [2.24, 2.45) is 4.99 Å². The van der Waals surface area contributed by atoms with Gasteiger partial charge in [0.15, 0.2) is 5.78 Å². The third-order valence-corrected chi connectivity index (χ3v) is 2.44. The van der Waals surface area contributed by atoms with E-state index in [4.69, 9.17) is 0 Å². The molecule has 12 heavy (non-hydrogen) atoms. The Balaban J connectivity index is 2.63. The van der Waals surface area contributed by atoms with Gasteiger partial charge in [-0.3, -0.25) is 9.79 Å². The molecule has 0 amide bonds. The van der Waals surface area contributed by atoms with Crippen LogP contribution in [0.5, 0.6) is 0 Å². The van der Waals surface area contributed by atoms with Crippen LogP contribution in [0, 0.1) is 3.57 Å². The molecule has 0 aliphatic carbocycles. The van der Waals surface area contributed by atoms with E-state index < -0.39 is 0 Å². The first kappa shape index (κ1) is 7.91. The molecule has 60 valence electrons. The fourth-order valence-electron chi connectivity index (χ4n) is 1.18. The fourth-order valence-corrected chi connectivity index (χ4v) is 1.67. The van der Waals surface area contributed by atoms with Gasteiger partial charge in [-0.25, -0.2) is 0 Å². The van der Waals surface area contributed by atoms with Crippen molar-refractivity contribution >= 4 is 40.3 Å². The van der Waals surface area contributed by atoms with Crippen LogP contribution in [0.15, 0.2) is 23.2 Å². The smallest absolute Gasteiger partial charge is 0.170 e. The molecular weight excluding hydrogens is 265 g/mol. The Morgan fingerprint density at radius 2 is 2.25 bits per heavy atom. The van der Waals surface area contributed by atoms with E-state index in [1.165, 1.54) is 0 Å². The molecular formula is C9H6INO. The first-order valence-electron chi connectivity index (χ1n) is 3.62. The SMILES string of the molecule is O=C1CC=Nc2ccc(I)cc21. The number of aliphatic imine (C=N–C) groups is 1. The number of fused-ring (bicyclic) bond motifs is 1. The van der Waals surface area contributed by atoms with Crippen LogP contribution >= 0.6 is 22.6 Å². The van der Waals surface area contributed by atoms with Gasteiger partial charge in [-0.05, 0) is 40.8 Å². The van der Waals surface area contributed by atoms with Crippen LogP contribution in [-0.2, 0) is 0 Å². The van der Waals surface area contributed by atoms with Gasteiger partial charge in [-0.1, -0.05) is 0 Å². The van der Waals surface area contributed by atoms with Crippen LogP contribution in [0.3, 0.4) is 0 Å². The van der Waals surface area contributed by atoms with Crippen LogP contribution in [-0.4, -0.2) is 12.0 Å². The molecule has 0 spiro atoms. The minimum atomic E-state index is 0.165. The highest BCUT2D eigenvalue weighted by atomic mass is 127. The van der Waals surface area contributed by atoms with Crippen molar-refractivity contribution < 1.29 is 4.79 Å². The number of Topliss-reactive ketones (excluding diaryl/α,β-unsaturated/α-hetero) is 1. The molecule has 3 heteroatoms. The van der Waals surface area contributed by atoms with E-state index in [-0.39, 0.29) is 5.78 Å². The van der Waals surface area contributed by atoms with Gasteiger partial charge in [0.25, 0.3) is 0 Å². The number of hydrogen-bond donors (Lipinski definition) is 0. The Morgan fingerprint density at radius 1 is 1.42 bits per heavy atom. The standard InChI is InChI=1S/C9H6INO/c10-6-1-2-8-7(5-6)9(12)3-4-11-8/h1-2,4-5H,3H2. The molecule has 0 aromatic heterocycles. The Bertz CT molecular complexity index is 371. The van der Waals surface area contributed by atoms with E-state index in [1.54, 1.807) is 6.21 Å². The topological polar surface area (TPSA) is 29.4 Å². The lowest BCUT2D eigenvalue weighted by Crippen LogP contribution is -2.04. The number of nitrogens with zero attached hydrogens (tertiary/aromatic N) is 1. The van der Waals surface area contributed by atoms with Crippen molar-refractivity contribution in [2.75, 3.05) is 0 Å². The van der Waals surface area contributed by atoms with Crippen molar-refractivity contribution in [3.63, 3.8) is 0 Å². The lowest BCUT2D eigenvalue weighted by molar-refractivity contribution is 0.100. The van der Waals surface area contributed by atoms with E-state index in [1.807, 2.05) is 18.2 Å². The van der Waals surface area contributed by atoms with Crippen molar-refractivity contribution in [1.29, 1.82) is 0 Å². The monoisotopic (exact) mass is 271 g/mol. The van der Waals surface area contributed by atoms with Gasteiger partial charge in [0, 0.05) is 21.8 Å². The predicted octanol–water partition coefficient (Wildman–Crippen LogP) is 2.58. The Kier molecular flexibility index (Phi) is 1.96. The summed E-state index contributed by atoms with van der Waals surface area (Å²) < 4.78 is 1.08. The second-order valence-electron chi connectivity index (χ2n) is 2.60. The summed E-state index contributed by atoms with van der Waals surface area (Å²) in [5, 5.41) is 0. The van der Waals surface area contributed by atoms with E-state index >= 15 is 0 Å². The third-order valence-electron chi connectivity index (χ3n) is 1.77. The highest BCUT2D eigenvalue weighted by molar-refractivity contribution is 14.1. The van der Waals surface area contributed by atoms with Crippen LogP contribution in [0.2, 0.25) is 0 Å². The van der Waals surface area contributed by atoms with Crippen molar-refractivity contribution in [1.82, 2.24) is 0 Å². The van der Waals surface area contributed by atoms with Gasteiger partial charge >= 0.3 is 0 Å². The predicted molar refractivity (Wildman–Crippen MR) is 56.3 cm³/mol. The second kappa shape index (κ2) is 2.97. The summed E-state index contributed by atoms with van der Waals surface area (Å²) in [5.74, 6) is 0.165. The van der Waals surface area contributed by atoms with Crippen LogP contribution in [0.25, 0.3) is 0 Å². The van der Waals surface area contributed by atoms with Gasteiger partial charge in [0.05, 0.1) is 5.69 Å². The average molecular weight is 271 g/mol. The Labute approximate surface area is 83.8 Å². The zero-order valence-corrected chi connectivity index (χ0v) is 8.41. The van der Waals surface area contributed by atoms with Gasteiger partial charge < -0.3 is 0 Å². The van der Waals surface area contributed by atoms with Gasteiger partial charge in [-0.15, -0.1) is 0 Å². The van der Waals surface area contributed by atoms with E-state index in [0.717, 1.165) is 14.8 Å². The lowest BCUT2D eigenvalue weighted by atomic mass is 10.0. The van der Waals surface area contributed by atoms with Gasteiger partial charge in [0.2, 0.25) is 0 Å². The minimum absolute atomic E-state index is 0.165. The molecule has 0 radical (unpaired) electrons. The maximum Gasteiger partial charge on any atom is 0.170 e. The average Bonchev–Trinajstić information content (AvgIpc) is 2.07. The van der Waals surface area contributed by atoms with E-state index in [2.05, 4.69) is 27.6 Å². The maximum atomic E-state index is 11.3. The summed E-state index contributed by atoms with van der Waals surface area (Å²) in [7, 11) is 0. The van der Waals surface area contributed by atoms with E-state index in [0.29, 0.717) is 6.42 Å². The molecule has 2 nitrogen and oxygen atoms in total. The molecule has 0 saturated heterocycles. The van der Waals surface area contributed by atoms with Crippen molar-refractivity contribution in [3.05, 3.63) is 27.3 Å². The number of benzene rings is 1. The van der Waals surface area contributed by atoms with Gasteiger partial charge in [0.1, 0.15) is 0 Å². The molecule has 2 rings (SSSR count). The van der Waals surface area contributed by atoms with Crippen LogP contribution in [0.4, 0.5) is 5.69 Å². The normalized spacial score (nSPS) is 14.6. The van der Waals surface area contributed by atoms with Gasteiger partial charge in [-0.2, -0.15) is 0 Å². The summed E-state index contributed by atoms with van der Waals surface area (Å²) in [6, 6.07) is 5.72. The minimum Gasteiger partial charge on any atom is -0.294 e. The molecule has 0 saturated carbocycles. The molecule has 1 aliphatic heterocycles. The molecule has 1 aromatic rings. The van der Waals surface area contributed by atoms with E-state index in [9.17, 15) is 4.79 Å².